The van der Waals surface area contributed by atoms with Crippen LogP contribution in [0.2, 0.25) is 0 Å². The van der Waals surface area contributed by atoms with Gasteiger partial charge in [0, 0.05) is 19.3 Å². The standard InChI is InChI=1S/C44H73NO7/c1-6-8-10-12-14-16-18-20-21-23-25-27-29-31-33-35-43(47)52-40(38-50-37-36-41(44(48)49)45(3,4)5)39-51-42(46)34-32-30-28-26-24-22-19-17-15-13-11-9-7-2/h9,11,13-20,22,24,40-41H,6-8,10,12,21,23,25-39H2,1-5H3/b11-9+,15-13+,16-14+,19-17+,20-18+,24-22+. The van der Waals surface area contributed by atoms with Gasteiger partial charge in [0.25, 0.3) is 0 Å². The van der Waals surface area contributed by atoms with E-state index in [1.54, 1.807) is 21.1 Å². The second-order valence-electron chi connectivity index (χ2n) is 14.3. The topological polar surface area (TPSA) is 102 Å². The molecule has 0 rings (SSSR count). The maximum atomic E-state index is 12.7. The Kier molecular flexibility index (Phi) is 32.7. The maximum Gasteiger partial charge on any atom is 0.306 e. The molecule has 0 spiro atoms. The molecule has 0 heterocycles. The molecule has 0 N–H and O–H groups in total. The number of carbonyl (C=O) groups is 3. The van der Waals surface area contributed by atoms with E-state index in [4.69, 9.17) is 14.2 Å². The number of likely N-dealkylation sites (N-methyl/N-ethyl adjacent to an activating group) is 1. The Morgan fingerprint density at radius 2 is 1.08 bits per heavy atom. The first-order chi connectivity index (χ1) is 25.1. The number of allylic oxidation sites excluding steroid dienone is 12. The van der Waals surface area contributed by atoms with Crippen molar-refractivity contribution in [2.24, 2.45) is 0 Å². The van der Waals surface area contributed by atoms with Gasteiger partial charge in [0.2, 0.25) is 0 Å². The summed E-state index contributed by atoms with van der Waals surface area (Å²) in [6, 6.07) is -0.736. The molecule has 0 radical (unpaired) electrons. The van der Waals surface area contributed by atoms with E-state index in [1.165, 1.54) is 32.1 Å². The summed E-state index contributed by atoms with van der Waals surface area (Å²) in [5.74, 6) is -1.81. The number of quaternary nitrogens is 1. The third-order valence-electron chi connectivity index (χ3n) is 8.45. The van der Waals surface area contributed by atoms with E-state index >= 15 is 0 Å². The van der Waals surface area contributed by atoms with E-state index in [1.807, 2.05) is 36.5 Å². The van der Waals surface area contributed by atoms with Crippen LogP contribution in [0.1, 0.15) is 136 Å². The minimum atomic E-state index is -1.14. The van der Waals surface area contributed by atoms with Crippen molar-refractivity contribution >= 4 is 17.9 Å². The molecule has 0 bridgehead atoms. The Balaban J connectivity index is 4.50. The number of carbonyl (C=O) groups excluding carboxylic acids is 3. The van der Waals surface area contributed by atoms with Gasteiger partial charge in [0.05, 0.1) is 40.3 Å². The van der Waals surface area contributed by atoms with Crippen molar-refractivity contribution < 1.29 is 38.2 Å². The molecule has 296 valence electrons. The number of aliphatic carboxylic acids is 1. The Labute approximate surface area is 317 Å². The first-order valence-corrected chi connectivity index (χ1v) is 20.0. The van der Waals surface area contributed by atoms with E-state index in [-0.39, 0.29) is 42.7 Å². The molecule has 0 aromatic carbocycles. The zero-order valence-electron chi connectivity index (χ0n) is 33.4. The van der Waals surface area contributed by atoms with E-state index in [2.05, 4.69) is 50.3 Å². The zero-order valence-corrected chi connectivity index (χ0v) is 33.4. The molecule has 0 amide bonds. The quantitative estimate of drug-likeness (QED) is 0.0282. The summed E-state index contributed by atoms with van der Waals surface area (Å²) in [4.78, 5) is 36.7. The fourth-order valence-electron chi connectivity index (χ4n) is 5.30. The lowest BCUT2D eigenvalue weighted by Crippen LogP contribution is -2.55. The van der Waals surface area contributed by atoms with Gasteiger partial charge in [0.15, 0.2) is 6.10 Å². The Morgan fingerprint density at radius 1 is 0.596 bits per heavy atom. The van der Waals surface area contributed by atoms with Gasteiger partial charge in [-0.05, 0) is 57.8 Å². The SMILES string of the molecule is CC/C=C/C=C/C=C/C=C/CCCCCC(=O)OCC(COCCC(C(=O)[O-])[N+](C)(C)C)OC(=O)CCCCCCCC/C=C/C=C/CCCCC. The van der Waals surface area contributed by atoms with E-state index < -0.39 is 18.1 Å². The summed E-state index contributed by atoms with van der Waals surface area (Å²) in [5, 5.41) is 11.6. The van der Waals surface area contributed by atoms with Crippen LogP contribution in [0.5, 0.6) is 0 Å². The Morgan fingerprint density at radius 3 is 1.63 bits per heavy atom. The van der Waals surface area contributed by atoms with Crippen molar-refractivity contribution in [3.05, 3.63) is 72.9 Å². The normalized spacial score (nSPS) is 13.8. The molecule has 52 heavy (non-hydrogen) atoms. The van der Waals surface area contributed by atoms with Crippen molar-refractivity contribution in [3.63, 3.8) is 0 Å². The fourth-order valence-corrected chi connectivity index (χ4v) is 5.30. The monoisotopic (exact) mass is 728 g/mol. The number of hydrogen-bond acceptors (Lipinski definition) is 7. The molecular formula is C44H73NO7. The predicted molar refractivity (Wildman–Crippen MR) is 212 cm³/mol. The Bertz CT molecular complexity index is 1080. The summed E-state index contributed by atoms with van der Waals surface area (Å²) < 4.78 is 17.1. The van der Waals surface area contributed by atoms with Gasteiger partial charge < -0.3 is 28.6 Å². The lowest BCUT2D eigenvalue weighted by molar-refractivity contribution is -0.889. The number of nitrogens with zero attached hydrogens (tertiary/aromatic N) is 1. The number of ether oxygens (including phenoxy) is 3. The van der Waals surface area contributed by atoms with Crippen LogP contribution in [0.4, 0.5) is 0 Å². The first-order valence-electron chi connectivity index (χ1n) is 20.0. The van der Waals surface area contributed by atoms with Gasteiger partial charge in [-0.1, -0.05) is 132 Å². The maximum absolute atomic E-state index is 12.7. The summed E-state index contributed by atoms with van der Waals surface area (Å²) in [6.45, 7) is 4.41. The van der Waals surface area contributed by atoms with Gasteiger partial charge in [0.1, 0.15) is 12.6 Å². The van der Waals surface area contributed by atoms with Crippen LogP contribution < -0.4 is 5.11 Å². The van der Waals surface area contributed by atoms with Crippen LogP contribution in [0, 0.1) is 0 Å². The number of carboxylic acids is 1. The van der Waals surface area contributed by atoms with Crippen molar-refractivity contribution in [3.8, 4) is 0 Å². The lowest BCUT2D eigenvalue weighted by atomic mass is 10.1. The molecule has 0 saturated heterocycles. The smallest absolute Gasteiger partial charge is 0.306 e. The number of hydrogen-bond donors (Lipinski definition) is 0. The first kappa shape index (κ1) is 48.8. The van der Waals surface area contributed by atoms with Crippen molar-refractivity contribution in [1.82, 2.24) is 0 Å². The number of rotatable bonds is 34. The van der Waals surface area contributed by atoms with Crippen molar-refractivity contribution in [2.75, 3.05) is 41.0 Å². The fraction of sp³-hybridized carbons (Fsp3) is 0.659. The molecule has 0 saturated carbocycles. The molecule has 0 aliphatic heterocycles. The number of esters is 2. The van der Waals surface area contributed by atoms with Crippen LogP contribution in [-0.2, 0) is 28.6 Å². The van der Waals surface area contributed by atoms with Crippen molar-refractivity contribution in [1.29, 1.82) is 0 Å². The molecule has 0 aliphatic carbocycles. The molecule has 0 aromatic heterocycles. The van der Waals surface area contributed by atoms with Gasteiger partial charge >= 0.3 is 11.9 Å². The second-order valence-corrected chi connectivity index (χ2v) is 14.3. The van der Waals surface area contributed by atoms with Crippen LogP contribution in [0.15, 0.2) is 72.9 Å². The molecule has 8 nitrogen and oxygen atoms in total. The van der Waals surface area contributed by atoms with Gasteiger partial charge in [-0.3, -0.25) is 9.59 Å². The third-order valence-corrected chi connectivity index (χ3v) is 8.45. The van der Waals surface area contributed by atoms with Gasteiger partial charge in [-0.25, -0.2) is 0 Å². The highest BCUT2D eigenvalue weighted by Gasteiger charge is 2.25. The Hall–Kier alpha value is -3.23. The summed E-state index contributed by atoms with van der Waals surface area (Å²) >= 11 is 0. The van der Waals surface area contributed by atoms with Crippen LogP contribution in [0.25, 0.3) is 0 Å². The zero-order chi connectivity index (χ0) is 38.5. The molecule has 0 aliphatic rings. The largest absolute Gasteiger partial charge is 0.544 e. The minimum absolute atomic E-state index is 0.0189. The van der Waals surface area contributed by atoms with Gasteiger partial charge in [-0.15, -0.1) is 0 Å². The van der Waals surface area contributed by atoms with E-state index in [9.17, 15) is 19.5 Å². The van der Waals surface area contributed by atoms with Crippen LogP contribution >= 0.6 is 0 Å². The molecule has 2 unspecified atom stereocenters. The van der Waals surface area contributed by atoms with Crippen molar-refractivity contribution in [2.45, 2.75) is 148 Å². The number of carboxylic acid groups (broad SMARTS) is 1. The van der Waals surface area contributed by atoms with E-state index in [0.29, 0.717) is 12.8 Å². The van der Waals surface area contributed by atoms with E-state index in [0.717, 1.165) is 70.6 Å². The second kappa shape index (κ2) is 34.8. The molecule has 8 heteroatoms. The molecule has 0 aromatic rings. The summed E-state index contributed by atoms with van der Waals surface area (Å²) in [6.07, 6.45) is 42.1. The highest BCUT2D eigenvalue weighted by molar-refractivity contribution is 5.70. The third kappa shape index (κ3) is 32.7. The molecular weight excluding hydrogens is 654 g/mol. The van der Waals surface area contributed by atoms with Crippen LogP contribution in [-0.4, -0.2) is 75.5 Å². The average molecular weight is 728 g/mol. The highest BCUT2D eigenvalue weighted by Crippen LogP contribution is 2.12. The summed E-state index contributed by atoms with van der Waals surface area (Å²) in [7, 11) is 5.37. The predicted octanol–water partition coefficient (Wildman–Crippen LogP) is 9.07. The molecule has 2 atom stereocenters. The average Bonchev–Trinajstić information content (AvgIpc) is 3.09. The summed E-state index contributed by atoms with van der Waals surface area (Å²) in [5.41, 5.74) is 0. The highest BCUT2D eigenvalue weighted by atomic mass is 16.6. The van der Waals surface area contributed by atoms with Gasteiger partial charge in [-0.2, -0.15) is 0 Å². The minimum Gasteiger partial charge on any atom is -0.544 e. The van der Waals surface area contributed by atoms with Crippen LogP contribution in [0.3, 0.4) is 0 Å². The lowest BCUT2D eigenvalue weighted by Gasteiger charge is -2.34. The number of unbranched alkanes of at least 4 members (excludes halogenated alkanes) is 12. The molecule has 0 fully saturated rings.